The van der Waals surface area contributed by atoms with Crippen molar-refractivity contribution in [2.45, 2.75) is 24.6 Å². The number of H-pyrrole nitrogens is 1. The van der Waals surface area contributed by atoms with E-state index < -0.39 is 0 Å². The molecule has 0 unspecified atom stereocenters. The van der Waals surface area contributed by atoms with Crippen molar-refractivity contribution < 1.29 is 4.74 Å². The number of hydrogen-bond donors (Lipinski definition) is 1. The monoisotopic (exact) mass is 298 g/mol. The van der Waals surface area contributed by atoms with Gasteiger partial charge in [0.05, 0.1) is 12.6 Å². The van der Waals surface area contributed by atoms with Gasteiger partial charge in [0.25, 0.3) is 0 Å². The van der Waals surface area contributed by atoms with Crippen molar-refractivity contribution in [3.8, 4) is 5.75 Å². The molecule has 0 saturated heterocycles. The lowest BCUT2D eigenvalue weighted by Crippen LogP contribution is -1.86. The average molecular weight is 298 g/mol. The number of benzene rings is 1. The highest BCUT2D eigenvalue weighted by Gasteiger charge is 2.09. The topological polar surface area (TPSA) is 37.9 Å². The summed E-state index contributed by atoms with van der Waals surface area (Å²) in [7, 11) is 1.68. The van der Waals surface area contributed by atoms with Crippen LogP contribution in [-0.4, -0.2) is 17.1 Å². The van der Waals surface area contributed by atoms with E-state index >= 15 is 0 Å². The Balaban J connectivity index is 1.83. The van der Waals surface area contributed by atoms with Gasteiger partial charge in [0.1, 0.15) is 10.8 Å². The third-order valence-electron chi connectivity index (χ3n) is 3.73. The largest absolute Gasteiger partial charge is 0.497 e. The van der Waals surface area contributed by atoms with E-state index in [9.17, 15) is 0 Å². The Labute approximate surface area is 128 Å². The normalized spacial score (nSPS) is 11.0. The van der Waals surface area contributed by atoms with E-state index in [1.54, 1.807) is 18.9 Å². The van der Waals surface area contributed by atoms with Crippen molar-refractivity contribution in [2.24, 2.45) is 0 Å². The van der Waals surface area contributed by atoms with Crippen LogP contribution in [0.2, 0.25) is 0 Å². The molecule has 2 aromatic heterocycles. The van der Waals surface area contributed by atoms with Crippen molar-refractivity contribution in [1.82, 2.24) is 9.97 Å². The van der Waals surface area contributed by atoms with Crippen LogP contribution < -0.4 is 4.74 Å². The molecule has 3 aromatic rings. The van der Waals surface area contributed by atoms with Crippen LogP contribution in [0, 0.1) is 13.8 Å². The van der Waals surface area contributed by atoms with E-state index in [0.717, 1.165) is 22.0 Å². The van der Waals surface area contributed by atoms with Gasteiger partial charge in [-0.2, -0.15) is 0 Å². The van der Waals surface area contributed by atoms with Crippen molar-refractivity contribution in [3.05, 3.63) is 53.3 Å². The first-order chi connectivity index (χ1) is 10.2. The summed E-state index contributed by atoms with van der Waals surface area (Å²) in [5.41, 5.74) is 4.92. The molecule has 0 atom stereocenters. The second-order valence-electron chi connectivity index (χ2n) is 5.05. The molecule has 1 aromatic carbocycles. The third kappa shape index (κ3) is 2.76. The van der Waals surface area contributed by atoms with Crippen LogP contribution in [0.25, 0.3) is 10.9 Å². The summed E-state index contributed by atoms with van der Waals surface area (Å²) in [6.07, 6.45) is 1.89. The zero-order valence-electron chi connectivity index (χ0n) is 12.4. The second-order valence-corrected chi connectivity index (χ2v) is 6.01. The Hall–Kier alpha value is -1.94. The van der Waals surface area contributed by atoms with Crippen LogP contribution in [0.3, 0.4) is 0 Å². The zero-order chi connectivity index (χ0) is 14.8. The summed E-state index contributed by atoms with van der Waals surface area (Å²) in [4.78, 5) is 7.96. The first-order valence-electron chi connectivity index (χ1n) is 6.88. The Morgan fingerprint density at radius 1 is 1.14 bits per heavy atom. The Morgan fingerprint density at radius 2 is 1.90 bits per heavy atom. The average Bonchev–Trinajstić information content (AvgIpc) is 2.81. The lowest BCUT2D eigenvalue weighted by molar-refractivity contribution is 0.414. The van der Waals surface area contributed by atoms with Crippen LogP contribution in [0.1, 0.15) is 16.8 Å². The van der Waals surface area contributed by atoms with Gasteiger partial charge in [-0.3, -0.25) is 0 Å². The number of ether oxygens (including phenoxy) is 1. The maximum Gasteiger partial charge on any atom is 0.120 e. The van der Waals surface area contributed by atoms with E-state index in [1.165, 1.54) is 22.2 Å². The van der Waals surface area contributed by atoms with Gasteiger partial charge in [-0.25, -0.2) is 4.98 Å². The zero-order valence-corrected chi connectivity index (χ0v) is 13.3. The van der Waals surface area contributed by atoms with Crippen molar-refractivity contribution in [2.75, 3.05) is 7.11 Å². The maximum absolute atomic E-state index is 5.18. The summed E-state index contributed by atoms with van der Waals surface area (Å²) in [6, 6.07) is 10.2. The Kier molecular flexibility index (Phi) is 3.88. The van der Waals surface area contributed by atoms with Crippen molar-refractivity contribution >= 4 is 22.7 Å². The minimum atomic E-state index is 0.889. The van der Waals surface area contributed by atoms with Crippen LogP contribution >= 0.6 is 11.8 Å². The molecule has 2 heterocycles. The molecule has 108 valence electrons. The molecular formula is C17H18N2OS. The molecule has 0 spiro atoms. The number of methoxy groups -OCH3 is 1. The SMILES string of the molecule is COc1ccc(CSc2nccc3c(C)c(C)[nH]c23)cc1. The molecule has 4 heteroatoms. The molecule has 0 aliphatic carbocycles. The fourth-order valence-corrected chi connectivity index (χ4v) is 3.28. The summed E-state index contributed by atoms with van der Waals surface area (Å²) >= 11 is 1.76. The van der Waals surface area contributed by atoms with Gasteiger partial charge in [-0.1, -0.05) is 23.9 Å². The van der Waals surface area contributed by atoms with Crippen molar-refractivity contribution in [3.63, 3.8) is 0 Å². The van der Waals surface area contributed by atoms with Gasteiger partial charge >= 0.3 is 0 Å². The van der Waals surface area contributed by atoms with Gasteiger partial charge in [0, 0.05) is 23.0 Å². The Bertz CT molecular complexity index is 762. The van der Waals surface area contributed by atoms with Gasteiger partial charge in [-0.15, -0.1) is 0 Å². The van der Waals surface area contributed by atoms with Gasteiger partial charge < -0.3 is 9.72 Å². The number of thioether (sulfide) groups is 1. The summed E-state index contributed by atoms with van der Waals surface area (Å²) < 4.78 is 5.18. The number of aromatic nitrogens is 2. The maximum atomic E-state index is 5.18. The lowest BCUT2D eigenvalue weighted by atomic mass is 10.2. The standard InChI is InChI=1S/C17H18N2OS/c1-11-12(2)19-16-15(11)8-9-18-17(16)21-10-13-4-6-14(20-3)7-5-13/h4-9,19H,10H2,1-3H3. The Morgan fingerprint density at radius 3 is 2.62 bits per heavy atom. The molecule has 0 bridgehead atoms. The lowest BCUT2D eigenvalue weighted by Gasteiger charge is -2.04. The molecule has 0 amide bonds. The molecule has 0 aliphatic rings. The highest BCUT2D eigenvalue weighted by molar-refractivity contribution is 7.98. The minimum Gasteiger partial charge on any atom is -0.497 e. The number of rotatable bonds is 4. The van der Waals surface area contributed by atoms with Gasteiger partial charge in [0.15, 0.2) is 0 Å². The summed E-state index contributed by atoms with van der Waals surface area (Å²) in [5, 5.41) is 2.32. The predicted molar refractivity (Wildman–Crippen MR) is 88.1 cm³/mol. The molecule has 21 heavy (non-hydrogen) atoms. The van der Waals surface area contributed by atoms with E-state index in [2.05, 4.69) is 42.0 Å². The fraction of sp³-hybridized carbons (Fsp3) is 0.235. The second kappa shape index (κ2) is 5.82. The van der Waals surface area contributed by atoms with Crippen LogP contribution in [0.15, 0.2) is 41.6 Å². The molecule has 0 fully saturated rings. The molecule has 3 rings (SSSR count). The number of aromatic amines is 1. The molecule has 0 aliphatic heterocycles. The molecule has 0 saturated carbocycles. The van der Waals surface area contributed by atoms with Crippen LogP contribution in [0.5, 0.6) is 5.75 Å². The number of nitrogens with zero attached hydrogens (tertiary/aromatic N) is 1. The highest BCUT2D eigenvalue weighted by atomic mass is 32.2. The number of fused-ring (bicyclic) bond motifs is 1. The van der Waals surface area contributed by atoms with E-state index in [0.29, 0.717) is 0 Å². The number of nitrogens with one attached hydrogen (secondary N) is 1. The van der Waals surface area contributed by atoms with Crippen LogP contribution in [0.4, 0.5) is 0 Å². The fourth-order valence-electron chi connectivity index (χ4n) is 2.34. The molecule has 3 nitrogen and oxygen atoms in total. The van der Waals surface area contributed by atoms with E-state index in [4.69, 9.17) is 4.74 Å². The van der Waals surface area contributed by atoms with Gasteiger partial charge in [0.2, 0.25) is 0 Å². The number of hydrogen-bond acceptors (Lipinski definition) is 3. The predicted octanol–water partition coefficient (Wildman–Crippen LogP) is 4.48. The van der Waals surface area contributed by atoms with Crippen LogP contribution in [-0.2, 0) is 5.75 Å². The minimum absolute atomic E-state index is 0.889. The molecule has 1 N–H and O–H groups in total. The number of aryl methyl sites for hydroxylation is 2. The quantitative estimate of drug-likeness (QED) is 0.722. The summed E-state index contributed by atoms with van der Waals surface area (Å²) in [5.74, 6) is 1.78. The molecular weight excluding hydrogens is 280 g/mol. The first-order valence-corrected chi connectivity index (χ1v) is 7.87. The summed E-state index contributed by atoms with van der Waals surface area (Å²) in [6.45, 7) is 4.25. The first kappa shape index (κ1) is 14.0. The van der Waals surface area contributed by atoms with Crippen molar-refractivity contribution in [1.29, 1.82) is 0 Å². The smallest absolute Gasteiger partial charge is 0.120 e. The van der Waals surface area contributed by atoms with E-state index in [-0.39, 0.29) is 0 Å². The number of pyridine rings is 1. The molecule has 0 radical (unpaired) electrons. The van der Waals surface area contributed by atoms with E-state index in [1.807, 2.05) is 18.3 Å². The highest BCUT2D eigenvalue weighted by Crippen LogP contribution is 2.30. The third-order valence-corrected chi connectivity index (χ3v) is 4.79. The van der Waals surface area contributed by atoms with Gasteiger partial charge in [-0.05, 0) is 43.2 Å².